The van der Waals surface area contributed by atoms with Gasteiger partial charge in [0.2, 0.25) is 5.82 Å². The van der Waals surface area contributed by atoms with Crippen LogP contribution < -0.4 is 5.32 Å². The van der Waals surface area contributed by atoms with Crippen LogP contribution in [0, 0.1) is 19.7 Å². The summed E-state index contributed by atoms with van der Waals surface area (Å²) in [5.74, 6) is 0.166. The Hall–Kier alpha value is -3.52. The molecule has 1 N–H and O–H groups in total. The lowest BCUT2D eigenvalue weighted by molar-refractivity contribution is 0.158. The van der Waals surface area contributed by atoms with E-state index >= 15 is 0 Å². The average molecular weight is 436 g/mol. The number of nitrogens with zero attached hydrogens (tertiary/aromatic N) is 3. The van der Waals surface area contributed by atoms with Crippen LogP contribution in [0.1, 0.15) is 35.5 Å². The summed E-state index contributed by atoms with van der Waals surface area (Å²) in [6, 6.07) is 11.4. The fourth-order valence-electron chi connectivity index (χ4n) is 3.78. The summed E-state index contributed by atoms with van der Waals surface area (Å²) in [4.78, 5) is 19.0. The summed E-state index contributed by atoms with van der Waals surface area (Å²) in [6.07, 6.45) is 0. The van der Waals surface area contributed by atoms with Crippen molar-refractivity contribution in [1.29, 1.82) is 0 Å². The van der Waals surface area contributed by atoms with E-state index in [4.69, 9.17) is 9.26 Å². The number of ether oxygens (including phenoxy) is 1. The molecule has 0 bridgehead atoms. The number of carbonyl (C=O) groups excluding carboxylic acids is 1. The van der Waals surface area contributed by atoms with Crippen molar-refractivity contribution in [1.82, 2.24) is 20.4 Å². The number of rotatable bonds is 6. The molecule has 3 aromatic rings. The SMILES string of the molecule is COCCN1C(=O)NC(c2ccc(C)c(C)c2)C(c2nc(-c3cccc(F)c3)no2)=C1C. The third-order valence-electron chi connectivity index (χ3n) is 5.72. The summed E-state index contributed by atoms with van der Waals surface area (Å²) < 4.78 is 24.5. The highest BCUT2D eigenvalue weighted by Crippen LogP contribution is 2.37. The number of urea groups is 1. The maximum atomic E-state index is 13.7. The van der Waals surface area contributed by atoms with Gasteiger partial charge in [-0.15, -0.1) is 0 Å². The number of aryl methyl sites for hydroxylation is 2. The van der Waals surface area contributed by atoms with Gasteiger partial charge in [0.15, 0.2) is 0 Å². The Labute approximate surface area is 185 Å². The minimum Gasteiger partial charge on any atom is -0.383 e. The molecule has 32 heavy (non-hydrogen) atoms. The Bertz CT molecular complexity index is 1190. The molecule has 1 aliphatic heterocycles. The van der Waals surface area contributed by atoms with Gasteiger partial charge in [-0.3, -0.25) is 4.90 Å². The molecule has 1 atom stereocenters. The van der Waals surface area contributed by atoms with Gasteiger partial charge < -0.3 is 14.6 Å². The fraction of sp³-hybridized carbons (Fsp3) is 0.292. The van der Waals surface area contributed by atoms with Crippen LogP contribution in [0.3, 0.4) is 0 Å². The van der Waals surface area contributed by atoms with Crippen LogP contribution in [-0.4, -0.2) is 41.3 Å². The van der Waals surface area contributed by atoms with Gasteiger partial charge in [-0.2, -0.15) is 4.98 Å². The second-order valence-corrected chi connectivity index (χ2v) is 7.80. The lowest BCUT2D eigenvalue weighted by Crippen LogP contribution is -2.47. The molecule has 0 saturated heterocycles. The molecule has 0 radical (unpaired) electrons. The molecule has 2 aromatic carbocycles. The number of hydrogen-bond donors (Lipinski definition) is 1. The van der Waals surface area contributed by atoms with Crippen molar-refractivity contribution in [2.24, 2.45) is 0 Å². The fourth-order valence-corrected chi connectivity index (χ4v) is 3.78. The minimum absolute atomic E-state index is 0.226. The topological polar surface area (TPSA) is 80.5 Å². The van der Waals surface area contributed by atoms with Gasteiger partial charge >= 0.3 is 6.03 Å². The number of methoxy groups -OCH3 is 1. The summed E-state index contributed by atoms with van der Waals surface area (Å²) in [5, 5.41) is 7.12. The third kappa shape index (κ3) is 4.13. The molecular weight excluding hydrogens is 411 g/mol. The van der Waals surface area contributed by atoms with Crippen LogP contribution in [0.5, 0.6) is 0 Å². The van der Waals surface area contributed by atoms with Crippen LogP contribution in [0.2, 0.25) is 0 Å². The van der Waals surface area contributed by atoms with Crippen molar-refractivity contribution in [3.8, 4) is 11.4 Å². The number of allylic oxidation sites excluding steroid dienone is 1. The molecule has 7 nitrogen and oxygen atoms in total. The van der Waals surface area contributed by atoms with Gasteiger partial charge in [0, 0.05) is 18.4 Å². The average Bonchev–Trinajstić information content (AvgIpc) is 3.25. The lowest BCUT2D eigenvalue weighted by atomic mass is 9.92. The number of benzene rings is 2. The Balaban J connectivity index is 1.82. The highest BCUT2D eigenvalue weighted by atomic mass is 19.1. The van der Waals surface area contributed by atoms with Gasteiger partial charge in [0.25, 0.3) is 5.89 Å². The first-order chi connectivity index (χ1) is 15.4. The van der Waals surface area contributed by atoms with Crippen molar-refractivity contribution in [3.05, 3.63) is 76.6 Å². The standard InChI is InChI=1S/C24H25FN4O3/c1-14-8-9-17(12-15(14)2)21-20(16(3)29(10-11-31-4)24(30)26-21)23-27-22(28-32-23)18-6-5-7-19(25)13-18/h5-9,12-13,21H,10-11H2,1-4H3,(H,26,30). The van der Waals surface area contributed by atoms with E-state index in [2.05, 4.69) is 15.5 Å². The largest absolute Gasteiger partial charge is 0.383 e. The van der Waals surface area contributed by atoms with Crippen molar-refractivity contribution in [3.63, 3.8) is 0 Å². The van der Waals surface area contributed by atoms with Gasteiger partial charge in [0.05, 0.1) is 24.8 Å². The first-order valence-corrected chi connectivity index (χ1v) is 10.3. The Morgan fingerprint density at radius 1 is 1.16 bits per heavy atom. The highest BCUT2D eigenvalue weighted by Gasteiger charge is 2.35. The molecule has 8 heteroatoms. The molecule has 1 unspecified atom stereocenters. The predicted molar refractivity (Wildman–Crippen MR) is 118 cm³/mol. The first kappa shape index (κ1) is 21.7. The summed E-state index contributed by atoms with van der Waals surface area (Å²) in [5.41, 5.74) is 5.08. The molecule has 1 aliphatic rings. The smallest absolute Gasteiger partial charge is 0.322 e. The van der Waals surface area contributed by atoms with Crippen LogP contribution in [-0.2, 0) is 4.74 Å². The molecule has 2 amide bonds. The van der Waals surface area contributed by atoms with E-state index in [1.54, 1.807) is 24.1 Å². The van der Waals surface area contributed by atoms with Crippen LogP contribution in [0.25, 0.3) is 17.0 Å². The maximum absolute atomic E-state index is 13.7. The maximum Gasteiger partial charge on any atom is 0.322 e. The Morgan fingerprint density at radius 2 is 1.97 bits per heavy atom. The van der Waals surface area contributed by atoms with E-state index < -0.39 is 6.04 Å². The zero-order valence-corrected chi connectivity index (χ0v) is 18.5. The van der Waals surface area contributed by atoms with Gasteiger partial charge in [-0.05, 0) is 49.6 Å². The predicted octanol–water partition coefficient (Wildman–Crippen LogP) is 4.64. The number of hydrogen-bond acceptors (Lipinski definition) is 5. The monoisotopic (exact) mass is 436 g/mol. The molecule has 166 valence electrons. The molecule has 0 fully saturated rings. The third-order valence-corrected chi connectivity index (χ3v) is 5.72. The summed E-state index contributed by atoms with van der Waals surface area (Å²) >= 11 is 0. The normalized spacial score (nSPS) is 16.5. The van der Waals surface area contributed by atoms with Gasteiger partial charge in [-0.25, -0.2) is 9.18 Å². The van der Waals surface area contributed by atoms with Gasteiger partial charge in [-0.1, -0.05) is 35.5 Å². The van der Waals surface area contributed by atoms with E-state index in [9.17, 15) is 9.18 Å². The number of halogens is 1. The number of nitrogens with one attached hydrogen (secondary N) is 1. The highest BCUT2D eigenvalue weighted by molar-refractivity contribution is 5.87. The molecule has 2 heterocycles. The lowest BCUT2D eigenvalue weighted by Gasteiger charge is -2.35. The van der Waals surface area contributed by atoms with Gasteiger partial charge in [0.1, 0.15) is 5.82 Å². The van der Waals surface area contributed by atoms with E-state index in [1.165, 1.54) is 12.1 Å². The quantitative estimate of drug-likeness (QED) is 0.609. The Kier molecular flexibility index (Phi) is 6.05. The molecule has 0 aliphatic carbocycles. The van der Waals surface area contributed by atoms with Crippen molar-refractivity contribution in [2.75, 3.05) is 20.3 Å². The van der Waals surface area contributed by atoms with Crippen molar-refractivity contribution < 1.29 is 18.4 Å². The van der Waals surface area contributed by atoms with E-state index in [0.29, 0.717) is 30.0 Å². The van der Waals surface area contributed by atoms with E-state index in [-0.39, 0.29) is 23.6 Å². The Morgan fingerprint density at radius 3 is 2.69 bits per heavy atom. The van der Waals surface area contributed by atoms with E-state index in [0.717, 1.165) is 16.7 Å². The number of carbonyl (C=O) groups is 1. The molecule has 0 spiro atoms. The second-order valence-electron chi connectivity index (χ2n) is 7.80. The minimum atomic E-state index is -0.471. The first-order valence-electron chi connectivity index (χ1n) is 10.3. The number of aromatic nitrogens is 2. The van der Waals surface area contributed by atoms with Crippen LogP contribution in [0.4, 0.5) is 9.18 Å². The molecule has 1 aromatic heterocycles. The van der Waals surface area contributed by atoms with Crippen molar-refractivity contribution >= 4 is 11.6 Å². The molecule has 4 rings (SSSR count). The summed E-state index contributed by atoms with van der Waals surface area (Å²) in [6.45, 7) is 6.67. The van der Waals surface area contributed by atoms with Crippen LogP contribution >= 0.6 is 0 Å². The zero-order valence-electron chi connectivity index (χ0n) is 18.5. The summed E-state index contributed by atoms with van der Waals surface area (Å²) in [7, 11) is 1.59. The van der Waals surface area contributed by atoms with E-state index in [1.807, 2.05) is 39.0 Å². The zero-order chi connectivity index (χ0) is 22.8. The molecular formula is C24H25FN4O3. The van der Waals surface area contributed by atoms with Crippen LogP contribution in [0.15, 0.2) is 52.7 Å². The van der Waals surface area contributed by atoms with Crippen molar-refractivity contribution in [2.45, 2.75) is 26.8 Å². The second kappa shape index (κ2) is 8.92. The number of amides is 2. The molecule has 0 saturated carbocycles.